The van der Waals surface area contributed by atoms with E-state index in [0.717, 1.165) is 4.70 Å². The van der Waals surface area contributed by atoms with Gasteiger partial charge in [-0.2, -0.15) is 10.5 Å². The molecule has 0 aliphatic rings. The first-order chi connectivity index (χ1) is 10.7. The second-order valence-corrected chi connectivity index (χ2v) is 5.83. The van der Waals surface area contributed by atoms with Crippen molar-refractivity contribution < 1.29 is 5.11 Å². The third-order valence-electron chi connectivity index (χ3n) is 3.56. The number of benzene rings is 1. The van der Waals surface area contributed by atoms with E-state index < -0.39 is 5.56 Å². The molecule has 1 aromatic carbocycles. The molecule has 0 aliphatic heterocycles. The fourth-order valence-corrected chi connectivity index (χ4v) is 3.75. The molecule has 2 heterocycles. The van der Waals surface area contributed by atoms with Gasteiger partial charge in [0.25, 0.3) is 5.56 Å². The van der Waals surface area contributed by atoms with Gasteiger partial charge in [-0.3, -0.25) is 9.20 Å². The van der Waals surface area contributed by atoms with Crippen molar-refractivity contribution in [2.45, 2.75) is 12.8 Å². The first-order valence-electron chi connectivity index (χ1n) is 6.73. The SMILES string of the molecule is N#Cc1c(CCCO)c(C#N)c2sc3ccccc3n2c1=O. The zero-order valence-corrected chi connectivity index (χ0v) is 12.4. The molecule has 5 nitrogen and oxygen atoms in total. The molecule has 0 atom stereocenters. The largest absolute Gasteiger partial charge is 0.396 e. The molecule has 108 valence electrons. The van der Waals surface area contributed by atoms with Gasteiger partial charge in [0.1, 0.15) is 22.5 Å². The van der Waals surface area contributed by atoms with Crippen LogP contribution in [-0.2, 0) is 6.42 Å². The lowest BCUT2D eigenvalue weighted by molar-refractivity contribution is 0.288. The van der Waals surface area contributed by atoms with Crippen molar-refractivity contribution in [1.29, 1.82) is 10.5 Å². The van der Waals surface area contributed by atoms with Gasteiger partial charge in [0.05, 0.1) is 15.8 Å². The summed E-state index contributed by atoms with van der Waals surface area (Å²) in [6, 6.07) is 11.4. The summed E-state index contributed by atoms with van der Waals surface area (Å²) in [5.74, 6) is 0. The van der Waals surface area contributed by atoms with E-state index in [1.165, 1.54) is 15.7 Å². The molecule has 1 N–H and O–H groups in total. The Morgan fingerprint density at radius 1 is 1.18 bits per heavy atom. The standard InChI is InChI=1S/C16H11N3O2S/c17-8-11-10(4-3-7-20)12(9-18)16-19(15(11)21)13-5-1-2-6-14(13)22-16/h1-2,5-6,20H,3-4,7H2. The van der Waals surface area contributed by atoms with E-state index in [1.807, 2.05) is 24.3 Å². The molecule has 0 amide bonds. The molecule has 0 bridgehead atoms. The van der Waals surface area contributed by atoms with Crippen LogP contribution in [0.15, 0.2) is 29.1 Å². The number of hydrogen-bond acceptors (Lipinski definition) is 5. The number of pyridine rings is 1. The van der Waals surface area contributed by atoms with Crippen molar-refractivity contribution in [3.8, 4) is 12.1 Å². The van der Waals surface area contributed by atoms with Gasteiger partial charge in [0.2, 0.25) is 0 Å². The summed E-state index contributed by atoms with van der Waals surface area (Å²) in [7, 11) is 0. The summed E-state index contributed by atoms with van der Waals surface area (Å²) in [6.07, 6.45) is 0.742. The van der Waals surface area contributed by atoms with E-state index >= 15 is 0 Å². The number of rotatable bonds is 3. The summed E-state index contributed by atoms with van der Waals surface area (Å²) in [5, 5.41) is 27.9. The number of aliphatic hydroxyl groups is 1. The number of nitrogens with zero attached hydrogens (tertiary/aromatic N) is 3. The maximum Gasteiger partial charge on any atom is 0.274 e. The Kier molecular flexibility index (Phi) is 3.64. The highest BCUT2D eigenvalue weighted by molar-refractivity contribution is 7.24. The van der Waals surface area contributed by atoms with Gasteiger partial charge in [-0.15, -0.1) is 11.3 Å². The van der Waals surface area contributed by atoms with E-state index in [-0.39, 0.29) is 12.2 Å². The number of aliphatic hydroxyl groups excluding tert-OH is 1. The zero-order chi connectivity index (χ0) is 15.7. The van der Waals surface area contributed by atoms with Crippen molar-refractivity contribution in [3.63, 3.8) is 0 Å². The molecule has 0 radical (unpaired) electrons. The van der Waals surface area contributed by atoms with E-state index in [0.29, 0.717) is 34.3 Å². The first-order valence-corrected chi connectivity index (χ1v) is 7.54. The highest BCUT2D eigenvalue weighted by Gasteiger charge is 2.20. The maximum atomic E-state index is 12.7. The second kappa shape index (κ2) is 5.61. The molecule has 0 unspecified atom stereocenters. The molecule has 0 saturated carbocycles. The zero-order valence-electron chi connectivity index (χ0n) is 11.5. The predicted molar refractivity (Wildman–Crippen MR) is 83.9 cm³/mol. The highest BCUT2D eigenvalue weighted by atomic mass is 32.1. The van der Waals surface area contributed by atoms with Crippen molar-refractivity contribution >= 4 is 26.4 Å². The number of fused-ring (bicyclic) bond motifs is 3. The van der Waals surface area contributed by atoms with Crippen LogP contribution in [0.2, 0.25) is 0 Å². The summed E-state index contributed by atoms with van der Waals surface area (Å²) in [6.45, 7) is -0.0540. The van der Waals surface area contributed by atoms with Crippen molar-refractivity contribution in [2.75, 3.05) is 6.61 Å². The van der Waals surface area contributed by atoms with Gasteiger partial charge in [0.15, 0.2) is 0 Å². The minimum Gasteiger partial charge on any atom is -0.396 e. The number of nitriles is 2. The molecular weight excluding hydrogens is 298 g/mol. The van der Waals surface area contributed by atoms with Crippen LogP contribution in [0.5, 0.6) is 0 Å². The van der Waals surface area contributed by atoms with Crippen molar-refractivity contribution in [3.05, 3.63) is 51.3 Å². The molecule has 3 aromatic rings. The van der Waals surface area contributed by atoms with Crippen molar-refractivity contribution in [2.24, 2.45) is 0 Å². The third-order valence-corrected chi connectivity index (χ3v) is 4.70. The number of aromatic nitrogens is 1. The number of thiazole rings is 1. The Morgan fingerprint density at radius 3 is 2.59 bits per heavy atom. The molecule has 6 heteroatoms. The maximum absolute atomic E-state index is 12.7. The average molecular weight is 309 g/mol. The first kappa shape index (κ1) is 14.3. The van der Waals surface area contributed by atoms with Crippen LogP contribution in [0.4, 0.5) is 0 Å². The van der Waals surface area contributed by atoms with Crippen LogP contribution < -0.4 is 5.56 Å². The second-order valence-electron chi connectivity index (χ2n) is 4.79. The van der Waals surface area contributed by atoms with Crippen LogP contribution in [0.25, 0.3) is 15.0 Å². The van der Waals surface area contributed by atoms with Crippen LogP contribution >= 0.6 is 11.3 Å². The van der Waals surface area contributed by atoms with Crippen LogP contribution in [-0.4, -0.2) is 16.1 Å². The van der Waals surface area contributed by atoms with Gasteiger partial charge < -0.3 is 5.11 Å². The lowest BCUT2D eigenvalue weighted by Gasteiger charge is -2.07. The summed E-state index contributed by atoms with van der Waals surface area (Å²) in [4.78, 5) is 13.2. The summed E-state index contributed by atoms with van der Waals surface area (Å²) in [5.41, 5.74) is 1.09. The van der Waals surface area contributed by atoms with Gasteiger partial charge in [-0.1, -0.05) is 12.1 Å². The fraction of sp³-hybridized carbons (Fsp3) is 0.188. The molecule has 0 fully saturated rings. The molecule has 22 heavy (non-hydrogen) atoms. The van der Waals surface area contributed by atoms with E-state index in [2.05, 4.69) is 6.07 Å². The Morgan fingerprint density at radius 2 is 1.91 bits per heavy atom. The lowest BCUT2D eigenvalue weighted by atomic mass is 10.0. The Bertz CT molecular complexity index is 1020. The summed E-state index contributed by atoms with van der Waals surface area (Å²) < 4.78 is 2.33. The molecule has 0 spiro atoms. The van der Waals surface area contributed by atoms with Gasteiger partial charge in [-0.25, -0.2) is 0 Å². The van der Waals surface area contributed by atoms with E-state index in [9.17, 15) is 15.3 Å². The number of para-hydroxylation sites is 1. The molecule has 0 aliphatic carbocycles. The fourth-order valence-electron chi connectivity index (χ4n) is 2.58. The Labute approximate surface area is 129 Å². The minimum atomic E-state index is -0.401. The highest BCUT2D eigenvalue weighted by Crippen LogP contribution is 2.30. The van der Waals surface area contributed by atoms with E-state index in [4.69, 9.17) is 5.11 Å². The molecular formula is C16H11N3O2S. The van der Waals surface area contributed by atoms with Gasteiger partial charge in [0, 0.05) is 6.61 Å². The molecule has 3 rings (SSSR count). The number of hydrogen-bond donors (Lipinski definition) is 1. The Hall–Kier alpha value is -2.67. The van der Waals surface area contributed by atoms with Gasteiger partial charge in [-0.05, 0) is 30.5 Å². The molecule has 0 saturated heterocycles. The molecule has 2 aromatic heterocycles. The Balaban J connectivity index is 2.52. The van der Waals surface area contributed by atoms with E-state index in [1.54, 1.807) is 6.07 Å². The monoisotopic (exact) mass is 309 g/mol. The van der Waals surface area contributed by atoms with Crippen molar-refractivity contribution in [1.82, 2.24) is 4.40 Å². The van der Waals surface area contributed by atoms with Gasteiger partial charge >= 0.3 is 0 Å². The third kappa shape index (κ3) is 1.98. The van der Waals surface area contributed by atoms with Crippen LogP contribution in [0, 0.1) is 22.7 Å². The normalized spacial score (nSPS) is 10.7. The average Bonchev–Trinajstić information content (AvgIpc) is 2.92. The minimum absolute atomic E-state index is 0.00828. The smallest absolute Gasteiger partial charge is 0.274 e. The lowest BCUT2D eigenvalue weighted by Crippen LogP contribution is -2.20. The summed E-state index contributed by atoms with van der Waals surface area (Å²) >= 11 is 1.36. The van der Waals surface area contributed by atoms with Crippen LogP contribution in [0.3, 0.4) is 0 Å². The predicted octanol–water partition coefficient (Wildman–Crippen LogP) is 2.18. The quantitative estimate of drug-likeness (QED) is 0.803. The topological polar surface area (TPSA) is 89.3 Å². The van der Waals surface area contributed by atoms with Crippen LogP contribution in [0.1, 0.15) is 23.1 Å².